The van der Waals surface area contributed by atoms with Crippen molar-refractivity contribution in [1.29, 1.82) is 0 Å². The van der Waals surface area contributed by atoms with Gasteiger partial charge >= 0.3 is 0 Å². The number of anilines is 1. The molecule has 0 atom stereocenters. The number of nitrogens with zero attached hydrogens (tertiary/aromatic N) is 3. The Hall–Kier alpha value is -2.18. The summed E-state index contributed by atoms with van der Waals surface area (Å²) < 4.78 is 0. The molecule has 1 fully saturated rings. The van der Waals surface area contributed by atoms with E-state index >= 15 is 0 Å². The van der Waals surface area contributed by atoms with E-state index in [4.69, 9.17) is 0 Å². The average molecular weight is 327 g/mol. The fraction of sp³-hybridized carbons (Fsp3) is 0.444. The minimum Gasteiger partial charge on any atom is -0.318 e. The van der Waals surface area contributed by atoms with E-state index in [9.17, 15) is 4.79 Å². The van der Waals surface area contributed by atoms with Crippen LogP contribution in [0.4, 0.5) is 5.69 Å². The Kier molecular flexibility index (Phi) is 5.27. The van der Waals surface area contributed by atoms with E-state index in [1.54, 1.807) is 0 Å². The molecule has 1 saturated heterocycles. The molecule has 6 heteroatoms. The molecule has 2 aromatic rings. The maximum absolute atomic E-state index is 11.8. The Morgan fingerprint density at radius 1 is 1.33 bits per heavy atom. The van der Waals surface area contributed by atoms with Gasteiger partial charge < -0.3 is 15.1 Å². The van der Waals surface area contributed by atoms with Gasteiger partial charge in [-0.15, -0.1) is 0 Å². The number of hydrogen-bond donors (Lipinski definition) is 2. The topological polar surface area (TPSA) is 64.3 Å². The molecule has 24 heavy (non-hydrogen) atoms. The van der Waals surface area contributed by atoms with Crippen molar-refractivity contribution < 1.29 is 4.79 Å². The van der Waals surface area contributed by atoms with Crippen molar-refractivity contribution in [3.63, 3.8) is 0 Å². The second kappa shape index (κ2) is 7.59. The summed E-state index contributed by atoms with van der Waals surface area (Å²) in [5.74, 6) is 0.217. The van der Waals surface area contributed by atoms with E-state index in [2.05, 4.69) is 27.5 Å². The number of likely N-dealkylation sites (N-methyl/N-ethyl adjacent to an activating group) is 2. The molecule has 0 saturated carbocycles. The molecule has 1 aliphatic rings. The van der Waals surface area contributed by atoms with Crippen LogP contribution in [0.3, 0.4) is 0 Å². The number of H-pyrrole nitrogens is 1. The average Bonchev–Trinajstić information content (AvgIpc) is 3.22. The quantitative estimate of drug-likeness (QED) is 0.815. The number of hydrogen-bond acceptors (Lipinski definition) is 4. The second-order valence-corrected chi connectivity index (χ2v) is 6.30. The Bertz CT molecular complexity index is 679. The van der Waals surface area contributed by atoms with Crippen LogP contribution in [0.2, 0.25) is 0 Å². The number of amides is 1. The van der Waals surface area contributed by atoms with Gasteiger partial charge in [-0.3, -0.25) is 9.89 Å². The maximum atomic E-state index is 11.8. The summed E-state index contributed by atoms with van der Waals surface area (Å²) in [5.41, 5.74) is 4.21. The van der Waals surface area contributed by atoms with Crippen LogP contribution in [-0.4, -0.2) is 54.7 Å². The Balaban J connectivity index is 1.73. The zero-order valence-electron chi connectivity index (χ0n) is 14.4. The van der Waals surface area contributed by atoms with E-state index in [1.807, 2.05) is 42.4 Å². The van der Waals surface area contributed by atoms with E-state index < -0.39 is 0 Å². The van der Waals surface area contributed by atoms with Gasteiger partial charge in [0.2, 0.25) is 5.91 Å². The van der Waals surface area contributed by atoms with E-state index in [1.165, 1.54) is 5.56 Å². The van der Waals surface area contributed by atoms with Crippen LogP contribution in [-0.2, 0) is 11.3 Å². The van der Waals surface area contributed by atoms with Gasteiger partial charge in [0.1, 0.15) is 0 Å². The van der Waals surface area contributed by atoms with Gasteiger partial charge in [-0.1, -0.05) is 12.1 Å². The Morgan fingerprint density at radius 2 is 2.12 bits per heavy atom. The van der Waals surface area contributed by atoms with Crippen LogP contribution in [0.15, 0.2) is 30.5 Å². The van der Waals surface area contributed by atoms with Crippen LogP contribution in [0.1, 0.15) is 18.4 Å². The summed E-state index contributed by atoms with van der Waals surface area (Å²) in [5, 5.41) is 10.6. The number of aromatic nitrogens is 2. The monoisotopic (exact) mass is 327 g/mol. The van der Waals surface area contributed by atoms with Crippen molar-refractivity contribution in [2.45, 2.75) is 19.4 Å². The van der Waals surface area contributed by atoms with Crippen molar-refractivity contribution in [2.24, 2.45) is 0 Å². The van der Waals surface area contributed by atoms with Crippen LogP contribution >= 0.6 is 0 Å². The zero-order chi connectivity index (χ0) is 16.9. The minimum atomic E-state index is 0.217. The summed E-state index contributed by atoms with van der Waals surface area (Å²) in [4.78, 5) is 16.0. The van der Waals surface area contributed by atoms with Crippen molar-refractivity contribution in [1.82, 2.24) is 20.4 Å². The highest BCUT2D eigenvalue weighted by atomic mass is 16.2. The SMILES string of the molecule is CNCCN(C)Cc1c[nH]nc1-c1ccc(N2CCCC2=O)cc1. The lowest BCUT2D eigenvalue weighted by atomic mass is 10.1. The fourth-order valence-electron chi connectivity index (χ4n) is 3.08. The molecular weight excluding hydrogens is 302 g/mol. The molecule has 0 aliphatic carbocycles. The molecule has 1 amide bonds. The number of carbonyl (C=O) groups excluding carboxylic acids is 1. The molecule has 1 aliphatic heterocycles. The number of nitrogens with one attached hydrogen (secondary N) is 2. The van der Waals surface area contributed by atoms with Gasteiger partial charge in [0, 0.05) is 55.6 Å². The molecule has 3 rings (SSSR count). The first kappa shape index (κ1) is 16.7. The molecule has 0 radical (unpaired) electrons. The lowest BCUT2D eigenvalue weighted by molar-refractivity contribution is -0.117. The summed E-state index contributed by atoms with van der Waals surface area (Å²) in [7, 11) is 4.07. The molecule has 0 spiro atoms. The molecule has 2 N–H and O–H groups in total. The van der Waals surface area contributed by atoms with Gasteiger partial charge in [0.25, 0.3) is 0 Å². The van der Waals surface area contributed by atoms with Crippen LogP contribution < -0.4 is 10.2 Å². The minimum absolute atomic E-state index is 0.217. The van der Waals surface area contributed by atoms with Gasteiger partial charge in [0.15, 0.2) is 0 Å². The van der Waals surface area contributed by atoms with Crippen LogP contribution in [0.5, 0.6) is 0 Å². The Morgan fingerprint density at radius 3 is 2.79 bits per heavy atom. The Labute approximate surface area is 142 Å². The lowest BCUT2D eigenvalue weighted by Crippen LogP contribution is -2.27. The van der Waals surface area contributed by atoms with Crippen molar-refractivity contribution in [2.75, 3.05) is 38.6 Å². The summed E-state index contributed by atoms with van der Waals surface area (Å²) in [6.07, 6.45) is 3.57. The third kappa shape index (κ3) is 3.66. The molecule has 128 valence electrons. The van der Waals surface area contributed by atoms with Gasteiger partial charge in [0.05, 0.1) is 5.69 Å². The molecule has 2 heterocycles. The van der Waals surface area contributed by atoms with Gasteiger partial charge in [-0.25, -0.2) is 0 Å². The van der Waals surface area contributed by atoms with Crippen molar-refractivity contribution >= 4 is 11.6 Å². The molecule has 0 unspecified atom stereocenters. The highest BCUT2D eigenvalue weighted by Gasteiger charge is 2.21. The summed E-state index contributed by atoms with van der Waals surface area (Å²) in [6.45, 7) is 3.61. The summed E-state index contributed by atoms with van der Waals surface area (Å²) in [6, 6.07) is 8.13. The fourth-order valence-corrected chi connectivity index (χ4v) is 3.08. The smallest absolute Gasteiger partial charge is 0.227 e. The predicted octanol–water partition coefficient (Wildman–Crippen LogP) is 1.85. The van der Waals surface area contributed by atoms with Crippen LogP contribution in [0, 0.1) is 0 Å². The van der Waals surface area contributed by atoms with E-state index in [0.717, 1.165) is 49.5 Å². The number of carbonyl (C=O) groups is 1. The standard InChI is InChI=1S/C18H25N5O/c1-19-9-11-22(2)13-15-12-20-21-18(15)14-5-7-16(8-6-14)23-10-3-4-17(23)24/h5-8,12,19H,3-4,9-11,13H2,1-2H3,(H,20,21). The second-order valence-electron chi connectivity index (χ2n) is 6.30. The third-order valence-corrected chi connectivity index (χ3v) is 4.43. The highest BCUT2D eigenvalue weighted by Crippen LogP contribution is 2.27. The first-order valence-electron chi connectivity index (χ1n) is 8.45. The third-order valence-electron chi connectivity index (χ3n) is 4.43. The molecule has 1 aromatic carbocycles. The van der Waals surface area contributed by atoms with E-state index in [0.29, 0.717) is 6.42 Å². The molecule has 1 aromatic heterocycles. The first-order valence-corrected chi connectivity index (χ1v) is 8.45. The number of benzene rings is 1. The molecule has 6 nitrogen and oxygen atoms in total. The molecular formula is C18H25N5O. The first-order chi connectivity index (χ1) is 11.7. The lowest BCUT2D eigenvalue weighted by Gasteiger charge is -2.17. The zero-order valence-corrected chi connectivity index (χ0v) is 14.4. The maximum Gasteiger partial charge on any atom is 0.227 e. The highest BCUT2D eigenvalue weighted by molar-refractivity contribution is 5.95. The van der Waals surface area contributed by atoms with Crippen LogP contribution in [0.25, 0.3) is 11.3 Å². The van der Waals surface area contributed by atoms with Crippen molar-refractivity contribution in [3.8, 4) is 11.3 Å². The van der Waals surface area contributed by atoms with Gasteiger partial charge in [-0.2, -0.15) is 5.10 Å². The molecule has 0 bridgehead atoms. The van der Waals surface area contributed by atoms with Crippen molar-refractivity contribution in [3.05, 3.63) is 36.0 Å². The van der Waals surface area contributed by atoms with Gasteiger partial charge in [-0.05, 0) is 32.6 Å². The number of aromatic amines is 1. The summed E-state index contributed by atoms with van der Waals surface area (Å²) >= 11 is 0. The number of rotatable bonds is 7. The largest absolute Gasteiger partial charge is 0.318 e. The van der Waals surface area contributed by atoms with E-state index in [-0.39, 0.29) is 5.91 Å². The normalized spacial score (nSPS) is 14.8. The predicted molar refractivity (Wildman–Crippen MR) is 95.9 cm³/mol.